The maximum absolute atomic E-state index is 12.7. The van der Waals surface area contributed by atoms with Crippen LogP contribution in [-0.2, 0) is 25.7 Å². The number of nitrogens with zero attached hydrogens (tertiary/aromatic N) is 1. The Hall–Kier alpha value is -3.04. The summed E-state index contributed by atoms with van der Waals surface area (Å²) in [6.07, 6.45) is 8.99. The molecule has 2 aromatic rings. The lowest BCUT2D eigenvalue weighted by Gasteiger charge is -2.43. The van der Waals surface area contributed by atoms with Gasteiger partial charge in [0.25, 0.3) is 0 Å². The first-order chi connectivity index (χ1) is 20.9. The molecule has 0 bridgehead atoms. The molecule has 0 radical (unpaired) electrons. The Bertz CT molecular complexity index is 1180. The first-order valence-electron chi connectivity index (χ1n) is 15.9. The maximum atomic E-state index is 12.7. The summed E-state index contributed by atoms with van der Waals surface area (Å²) in [5, 5.41) is 15.4. The van der Waals surface area contributed by atoms with Gasteiger partial charge in [0.1, 0.15) is 0 Å². The second-order valence-corrected chi connectivity index (χ2v) is 12.0. The molecule has 1 saturated carbocycles. The number of ether oxygens (including phenoxy) is 2. The third-order valence-corrected chi connectivity index (χ3v) is 8.64. The van der Waals surface area contributed by atoms with Gasteiger partial charge in [0.15, 0.2) is 6.29 Å². The van der Waals surface area contributed by atoms with Crippen LogP contribution < -0.4 is 10.6 Å². The van der Waals surface area contributed by atoms with Crippen LogP contribution in [0.5, 0.6) is 0 Å². The fraction of sp³-hybridized carbons (Fsp3) is 0.543. The largest absolute Gasteiger partial charge is 0.392 e. The summed E-state index contributed by atoms with van der Waals surface area (Å²) in [5.74, 6) is 0.0313. The van der Waals surface area contributed by atoms with E-state index >= 15 is 0 Å². The minimum atomic E-state index is -0.594. The van der Waals surface area contributed by atoms with Gasteiger partial charge in [0, 0.05) is 56.2 Å². The van der Waals surface area contributed by atoms with Gasteiger partial charge in [-0.1, -0.05) is 68.7 Å². The third-order valence-electron chi connectivity index (χ3n) is 8.64. The van der Waals surface area contributed by atoms with E-state index in [4.69, 9.17) is 9.47 Å². The van der Waals surface area contributed by atoms with E-state index in [9.17, 15) is 14.7 Å². The Balaban J connectivity index is 1.47. The standard InChI is InChI=1S/C35H49N3O5/c1-4-21-38(31-13-7-8-14-31)23-32-25(2)34(28-18-16-27(24-39)17-19-28)43-35(42-32)29-11-10-12-30(22-29)37-33(41)15-6-5-9-20-36-26(3)40/h4,10-12,16-19,22,25,31-32,34-35,39H,1,5-9,13-15,20-21,23-24H2,2-3H3,(H,36,40)(H,37,41)/t25-,32+,34+,35+/m0/s1. The summed E-state index contributed by atoms with van der Waals surface area (Å²) in [6.45, 7) is 9.98. The average molecular weight is 592 g/mol. The molecule has 1 aliphatic carbocycles. The zero-order valence-corrected chi connectivity index (χ0v) is 25.8. The highest BCUT2D eigenvalue weighted by molar-refractivity contribution is 5.90. The van der Waals surface area contributed by atoms with Gasteiger partial charge >= 0.3 is 0 Å². The fourth-order valence-corrected chi connectivity index (χ4v) is 6.21. The Morgan fingerprint density at radius 2 is 1.81 bits per heavy atom. The van der Waals surface area contributed by atoms with Gasteiger partial charge in [0.05, 0.1) is 18.8 Å². The number of amides is 2. The molecule has 1 aliphatic heterocycles. The molecule has 234 valence electrons. The fourth-order valence-electron chi connectivity index (χ4n) is 6.21. The van der Waals surface area contributed by atoms with Gasteiger partial charge in [-0.15, -0.1) is 6.58 Å². The Morgan fingerprint density at radius 1 is 1.05 bits per heavy atom. The molecule has 43 heavy (non-hydrogen) atoms. The molecule has 1 saturated heterocycles. The van der Waals surface area contributed by atoms with Crippen molar-refractivity contribution in [2.75, 3.05) is 25.0 Å². The lowest BCUT2D eigenvalue weighted by Crippen LogP contribution is -2.47. The summed E-state index contributed by atoms with van der Waals surface area (Å²) in [5.41, 5.74) is 3.50. The molecule has 8 heteroatoms. The van der Waals surface area contributed by atoms with Crippen LogP contribution in [0.2, 0.25) is 0 Å². The van der Waals surface area contributed by atoms with Crippen LogP contribution >= 0.6 is 0 Å². The number of nitrogens with one attached hydrogen (secondary N) is 2. The molecule has 1 heterocycles. The number of aliphatic hydroxyl groups excluding tert-OH is 1. The molecular weight excluding hydrogens is 542 g/mol. The summed E-state index contributed by atoms with van der Waals surface area (Å²) >= 11 is 0. The second-order valence-electron chi connectivity index (χ2n) is 12.0. The number of aliphatic hydroxyl groups is 1. The molecule has 0 spiro atoms. The summed E-state index contributed by atoms with van der Waals surface area (Å²) < 4.78 is 13.4. The number of hydrogen-bond donors (Lipinski definition) is 3. The predicted molar refractivity (Wildman–Crippen MR) is 169 cm³/mol. The van der Waals surface area contributed by atoms with Crippen molar-refractivity contribution in [3.8, 4) is 0 Å². The van der Waals surface area contributed by atoms with Crippen molar-refractivity contribution in [3.63, 3.8) is 0 Å². The van der Waals surface area contributed by atoms with Crippen molar-refractivity contribution in [2.45, 2.75) is 96.4 Å². The van der Waals surface area contributed by atoms with Crippen molar-refractivity contribution in [2.24, 2.45) is 5.92 Å². The predicted octanol–water partition coefficient (Wildman–Crippen LogP) is 6.04. The first kappa shape index (κ1) is 32.9. The number of rotatable bonds is 15. The maximum Gasteiger partial charge on any atom is 0.224 e. The van der Waals surface area contributed by atoms with Crippen molar-refractivity contribution in [1.82, 2.24) is 10.2 Å². The summed E-state index contributed by atoms with van der Waals surface area (Å²) in [6, 6.07) is 16.3. The van der Waals surface area contributed by atoms with Crippen molar-refractivity contribution >= 4 is 17.5 Å². The number of anilines is 1. The SMILES string of the molecule is C=CCN(C[C@H]1O[C@@H](c2cccc(NC(=O)CCCCCNC(C)=O)c2)O[C@@H](c2ccc(CO)cc2)[C@H]1C)C1CCCC1. The van der Waals surface area contributed by atoms with Crippen LogP contribution in [0.4, 0.5) is 5.69 Å². The van der Waals surface area contributed by atoms with E-state index in [0.717, 1.165) is 49.0 Å². The number of benzene rings is 2. The van der Waals surface area contributed by atoms with Crippen LogP contribution in [0.25, 0.3) is 0 Å². The lowest BCUT2D eigenvalue weighted by molar-refractivity contribution is -0.276. The molecule has 0 aromatic heterocycles. The van der Waals surface area contributed by atoms with Crippen LogP contribution in [-0.4, -0.2) is 53.6 Å². The summed E-state index contributed by atoms with van der Waals surface area (Å²) in [4.78, 5) is 26.2. The van der Waals surface area contributed by atoms with Gasteiger partial charge in [-0.3, -0.25) is 14.5 Å². The Kier molecular flexibility index (Phi) is 12.8. The van der Waals surface area contributed by atoms with E-state index in [1.54, 1.807) is 0 Å². The number of unbranched alkanes of at least 4 members (excludes halogenated alkanes) is 2. The third kappa shape index (κ3) is 9.73. The molecule has 0 unspecified atom stereocenters. The number of carbonyl (C=O) groups excluding carboxylic acids is 2. The van der Waals surface area contributed by atoms with Gasteiger partial charge in [0.2, 0.25) is 11.8 Å². The zero-order chi connectivity index (χ0) is 30.6. The smallest absolute Gasteiger partial charge is 0.224 e. The van der Waals surface area contributed by atoms with Crippen LogP contribution in [0.15, 0.2) is 61.2 Å². The number of carbonyl (C=O) groups is 2. The van der Waals surface area contributed by atoms with Crippen LogP contribution in [0.3, 0.4) is 0 Å². The molecule has 2 amide bonds. The van der Waals surface area contributed by atoms with Crippen molar-refractivity contribution in [3.05, 3.63) is 77.9 Å². The van der Waals surface area contributed by atoms with Crippen molar-refractivity contribution < 1.29 is 24.2 Å². The topological polar surface area (TPSA) is 100 Å². The molecule has 2 aromatic carbocycles. The Labute approximate surface area is 256 Å². The normalized spacial score (nSPS) is 22.4. The summed E-state index contributed by atoms with van der Waals surface area (Å²) in [7, 11) is 0. The molecule has 4 atom stereocenters. The molecule has 8 nitrogen and oxygen atoms in total. The highest BCUT2D eigenvalue weighted by Crippen LogP contribution is 2.42. The monoisotopic (exact) mass is 591 g/mol. The molecule has 3 N–H and O–H groups in total. The van der Waals surface area contributed by atoms with E-state index in [1.165, 1.54) is 32.6 Å². The highest BCUT2D eigenvalue weighted by atomic mass is 16.7. The molecule has 2 fully saturated rings. The minimum absolute atomic E-state index is 0.00318. The second kappa shape index (κ2) is 16.7. The highest BCUT2D eigenvalue weighted by Gasteiger charge is 2.40. The molecule has 4 rings (SSSR count). The lowest BCUT2D eigenvalue weighted by atomic mass is 9.89. The van der Waals surface area contributed by atoms with E-state index in [2.05, 4.69) is 29.0 Å². The van der Waals surface area contributed by atoms with Crippen molar-refractivity contribution in [1.29, 1.82) is 0 Å². The van der Waals surface area contributed by atoms with E-state index < -0.39 is 6.29 Å². The minimum Gasteiger partial charge on any atom is -0.392 e. The molecular formula is C35H49N3O5. The zero-order valence-electron chi connectivity index (χ0n) is 25.8. The average Bonchev–Trinajstić information content (AvgIpc) is 3.55. The van der Waals surface area contributed by atoms with Crippen LogP contribution in [0.1, 0.15) is 94.3 Å². The van der Waals surface area contributed by atoms with Gasteiger partial charge in [-0.05, 0) is 48.9 Å². The molecule has 2 aliphatic rings. The first-order valence-corrected chi connectivity index (χ1v) is 15.9. The van der Waals surface area contributed by atoms with E-state index in [0.29, 0.717) is 24.7 Å². The van der Waals surface area contributed by atoms with Gasteiger partial charge in [-0.25, -0.2) is 0 Å². The van der Waals surface area contributed by atoms with Gasteiger partial charge < -0.3 is 25.2 Å². The van der Waals surface area contributed by atoms with Gasteiger partial charge in [-0.2, -0.15) is 0 Å². The Morgan fingerprint density at radius 3 is 2.51 bits per heavy atom. The van der Waals surface area contributed by atoms with Crippen LogP contribution in [0, 0.1) is 5.92 Å². The number of hydrogen-bond acceptors (Lipinski definition) is 6. The van der Waals surface area contributed by atoms with E-state index in [1.807, 2.05) is 54.6 Å². The quantitative estimate of drug-likeness (QED) is 0.173. The van der Waals surface area contributed by atoms with E-state index in [-0.39, 0.29) is 36.5 Å².